The summed E-state index contributed by atoms with van der Waals surface area (Å²) in [6.07, 6.45) is 0.826. The number of nitrogens with one attached hydrogen (secondary N) is 1. The largest absolute Gasteiger partial charge is 0.490 e. The number of amides is 1. The maximum Gasteiger partial charge on any atom is 0.262 e. The highest BCUT2D eigenvalue weighted by Crippen LogP contribution is 2.32. The van der Waals surface area contributed by atoms with Crippen molar-refractivity contribution >= 4 is 17.4 Å². The van der Waals surface area contributed by atoms with Crippen molar-refractivity contribution in [3.05, 3.63) is 48.0 Å². The van der Waals surface area contributed by atoms with Gasteiger partial charge >= 0.3 is 0 Å². The Bertz CT molecular complexity index is 770. The van der Waals surface area contributed by atoms with E-state index in [-0.39, 0.29) is 18.3 Å². The minimum Gasteiger partial charge on any atom is -0.490 e. The van der Waals surface area contributed by atoms with Crippen LogP contribution in [0.4, 0.5) is 5.69 Å². The highest BCUT2D eigenvalue weighted by Gasteiger charge is 2.12. The van der Waals surface area contributed by atoms with Gasteiger partial charge in [0.1, 0.15) is 5.75 Å². The fraction of sp³-hybridized carbons (Fsp3) is 0.263. The van der Waals surface area contributed by atoms with Crippen LogP contribution >= 0.6 is 0 Å². The summed E-state index contributed by atoms with van der Waals surface area (Å²) >= 11 is 0. The summed E-state index contributed by atoms with van der Waals surface area (Å²) < 4.78 is 16.6. The molecule has 1 heterocycles. The van der Waals surface area contributed by atoms with Crippen molar-refractivity contribution in [1.29, 1.82) is 0 Å². The van der Waals surface area contributed by atoms with Crippen molar-refractivity contribution in [3.63, 3.8) is 0 Å². The lowest BCUT2D eigenvalue weighted by Crippen LogP contribution is -2.20. The number of hydrogen-bond acceptors (Lipinski definition) is 5. The van der Waals surface area contributed by atoms with E-state index in [2.05, 4.69) is 5.32 Å². The second kappa shape index (κ2) is 7.70. The van der Waals surface area contributed by atoms with Gasteiger partial charge in [-0.15, -0.1) is 0 Å². The summed E-state index contributed by atoms with van der Waals surface area (Å²) in [5.41, 5.74) is 1.22. The molecule has 0 aliphatic carbocycles. The van der Waals surface area contributed by atoms with Crippen LogP contribution in [-0.2, 0) is 4.79 Å². The first-order chi connectivity index (χ1) is 12.1. The standard InChI is InChI=1S/C19H19NO5/c1-13(21)14-3-6-16(7-4-14)25-12-19(22)20-15-5-8-17-18(11-15)24-10-2-9-23-17/h3-8,11H,2,9-10,12H2,1H3,(H,20,22). The zero-order valence-corrected chi connectivity index (χ0v) is 13.9. The van der Waals surface area contributed by atoms with E-state index in [4.69, 9.17) is 14.2 Å². The molecule has 0 aromatic heterocycles. The van der Waals surface area contributed by atoms with Crippen LogP contribution in [0.3, 0.4) is 0 Å². The molecule has 0 bridgehead atoms. The van der Waals surface area contributed by atoms with Crippen LogP contribution in [0, 0.1) is 0 Å². The number of anilines is 1. The minimum absolute atomic E-state index is 0.0151. The van der Waals surface area contributed by atoms with E-state index in [0.29, 0.717) is 41.7 Å². The van der Waals surface area contributed by atoms with E-state index in [9.17, 15) is 9.59 Å². The fourth-order valence-electron chi connectivity index (χ4n) is 2.37. The molecule has 0 spiro atoms. The third kappa shape index (κ3) is 4.50. The normalized spacial score (nSPS) is 12.8. The molecular weight excluding hydrogens is 322 g/mol. The molecule has 2 aromatic rings. The smallest absolute Gasteiger partial charge is 0.262 e. The number of fused-ring (bicyclic) bond motifs is 1. The maximum atomic E-state index is 12.0. The van der Waals surface area contributed by atoms with E-state index >= 15 is 0 Å². The first kappa shape index (κ1) is 16.8. The first-order valence-electron chi connectivity index (χ1n) is 8.05. The van der Waals surface area contributed by atoms with E-state index in [1.165, 1.54) is 6.92 Å². The van der Waals surface area contributed by atoms with Crippen molar-refractivity contribution in [3.8, 4) is 17.2 Å². The number of ether oxygens (including phenoxy) is 3. The quantitative estimate of drug-likeness (QED) is 0.846. The first-order valence-corrected chi connectivity index (χ1v) is 8.05. The molecule has 0 radical (unpaired) electrons. The Kier molecular flexibility index (Phi) is 5.18. The molecule has 0 atom stereocenters. The van der Waals surface area contributed by atoms with Crippen molar-refractivity contribution in [2.75, 3.05) is 25.1 Å². The molecule has 0 unspecified atom stereocenters. The van der Waals surface area contributed by atoms with Gasteiger partial charge in [0.2, 0.25) is 0 Å². The summed E-state index contributed by atoms with van der Waals surface area (Å²) in [5.74, 6) is 1.52. The Morgan fingerprint density at radius 3 is 2.48 bits per heavy atom. The third-order valence-corrected chi connectivity index (χ3v) is 3.66. The molecule has 2 aromatic carbocycles. The highest BCUT2D eigenvalue weighted by atomic mass is 16.5. The third-order valence-electron chi connectivity index (χ3n) is 3.66. The van der Waals surface area contributed by atoms with Crippen LogP contribution in [0.1, 0.15) is 23.7 Å². The molecule has 6 heteroatoms. The van der Waals surface area contributed by atoms with Crippen molar-refractivity contribution in [2.45, 2.75) is 13.3 Å². The number of hydrogen-bond donors (Lipinski definition) is 1. The van der Waals surface area contributed by atoms with Crippen LogP contribution in [0.5, 0.6) is 17.2 Å². The fourth-order valence-corrected chi connectivity index (χ4v) is 2.37. The molecule has 1 N–H and O–H groups in total. The van der Waals surface area contributed by atoms with Gasteiger partial charge in [-0.2, -0.15) is 0 Å². The number of Topliss-reactive ketones (excluding diaryl/α,β-unsaturated/α-hetero) is 1. The molecule has 6 nitrogen and oxygen atoms in total. The minimum atomic E-state index is -0.287. The van der Waals surface area contributed by atoms with Crippen molar-refractivity contribution in [1.82, 2.24) is 0 Å². The average Bonchev–Trinajstić information content (AvgIpc) is 2.85. The lowest BCUT2D eigenvalue weighted by atomic mass is 10.1. The number of carbonyl (C=O) groups is 2. The second-order valence-electron chi connectivity index (χ2n) is 5.63. The van der Waals surface area contributed by atoms with Crippen LogP contribution in [0.15, 0.2) is 42.5 Å². The lowest BCUT2D eigenvalue weighted by Gasteiger charge is -2.11. The molecule has 1 aliphatic heterocycles. The number of carbonyl (C=O) groups excluding carboxylic acids is 2. The monoisotopic (exact) mass is 341 g/mol. The Labute approximate surface area is 145 Å². The van der Waals surface area contributed by atoms with Gasteiger partial charge in [-0.25, -0.2) is 0 Å². The highest BCUT2D eigenvalue weighted by molar-refractivity contribution is 5.94. The van der Waals surface area contributed by atoms with Gasteiger partial charge in [-0.1, -0.05) is 0 Å². The molecule has 130 valence electrons. The summed E-state index contributed by atoms with van der Waals surface area (Å²) in [4.78, 5) is 23.3. The molecule has 1 amide bonds. The van der Waals surface area contributed by atoms with E-state index in [1.54, 1.807) is 42.5 Å². The molecule has 25 heavy (non-hydrogen) atoms. The van der Waals surface area contributed by atoms with Crippen LogP contribution in [-0.4, -0.2) is 31.5 Å². The summed E-state index contributed by atoms with van der Waals surface area (Å²) in [5, 5.41) is 2.76. The zero-order chi connectivity index (χ0) is 17.6. The van der Waals surface area contributed by atoms with Gasteiger partial charge in [-0.05, 0) is 43.3 Å². The Morgan fingerprint density at radius 1 is 1.04 bits per heavy atom. The van der Waals surface area contributed by atoms with Crippen LogP contribution < -0.4 is 19.5 Å². The number of benzene rings is 2. The summed E-state index contributed by atoms with van der Waals surface area (Å²) in [7, 11) is 0. The van der Waals surface area contributed by atoms with E-state index < -0.39 is 0 Å². The Hall–Kier alpha value is -3.02. The van der Waals surface area contributed by atoms with Gasteiger partial charge in [-0.3, -0.25) is 9.59 Å². The van der Waals surface area contributed by atoms with E-state index in [0.717, 1.165) is 6.42 Å². The second-order valence-corrected chi connectivity index (χ2v) is 5.63. The van der Waals surface area contributed by atoms with Gasteiger partial charge in [0.25, 0.3) is 5.91 Å². The predicted molar refractivity (Wildman–Crippen MR) is 92.6 cm³/mol. The average molecular weight is 341 g/mol. The predicted octanol–water partition coefficient (Wildman–Crippen LogP) is 3.07. The Balaban J connectivity index is 1.55. The molecular formula is C19H19NO5. The van der Waals surface area contributed by atoms with Gasteiger partial charge in [0.15, 0.2) is 23.9 Å². The topological polar surface area (TPSA) is 73.9 Å². The van der Waals surface area contributed by atoms with Crippen LogP contribution in [0.25, 0.3) is 0 Å². The molecule has 0 saturated heterocycles. The number of rotatable bonds is 5. The maximum absolute atomic E-state index is 12.0. The Morgan fingerprint density at radius 2 is 1.76 bits per heavy atom. The van der Waals surface area contributed by atoms with Crippen LogP contribution in [0.2, 0.25) is 0 Å². The summed E-state index contributed by atoms with van der Waals surface area (Å²) in [6, 6.07) is 11.9. The zero-order valence-electron chi connectivity index (χ0n) is 13.9. The lowest BCUT2D eigenvalue weighted by molar-refractivity contribution is -0.118. The molecule has 1 aliphatic rings. The van der Waals surface area contributed by atoms with Crippen molar-refractivity contribution in [2.24, 2.45) is 0 Å². The van der Waals surface area contributed by atoms with Crippen molar-refractivity contribution < 1.29 is 23.8 Å². The number of ketones is 1. The molecule has 0 fully saturated rings. The molecule has 3 rings (SSSR count). The van der Waals surface area contributed by atoms with Gasteiger partial charge in [0.05, 0.1) is 13.2 Å². The molecule has 0 saturated carbocycles. The SMILES string of the molecule is CC(=O)c1ccc(OCC(=O)Nc2ccc3c(c2)OCCCO3)cc1. The van der Waals surface area contributed by atoms with Gasteiger partial charge < -0.3 is 19.5 Å². The van der Waals surface area contributed by atoms with Gasteiger partial charge in [0, 0.05) is 23.7 Å². The van der Waals surface area contributed by atoms with E-state index in [1.807, 2.05) is 0 Å². The summed E-state index contributed by atoms with van der Waals surface area (Å²) in [6.45, 7) is 2.57.